The van der Waals surface area contributed by atoms with Gasteiger partial charge in [-0.05, 0) is 11.5 Å². The Morgan fingerprint density at radius 1 is 1.77 bits per heavy atom. The van der Waals surface area contributed by atoms with Crippen molar-refractivity contribution in [2.75, 3.05) is 29.1 Å². The molecule has 1 aromatic heterocycles. The van der Waals surface area contributed by atoms with Gasteiger partial charge in [0.1, 0.15) is 10.8 Å². The summed E-state index contributed by atoms with van der Waals surface area (Å²) in [6, 6.07) is 1.83. The molecule has 0 radical (unpaired) electrons. The minimum atomic E-state index is 0.573. The number of nitrogens with one attached hydrogen (secondary N) is 1. The van der Waals surface area contributed by atoms with Gasteiger partial charge < -0.3 is 11.1 Å². The van der Waals surface area contributed by atoms with Crippen LogP contribution in [0.5, 0.6) is 0 Å². The molecular weight excluding hydrogens is 202 g/mol. The summed E-state index contributed by atoms with van der Waals surface area (Å²) < 4.78 is 3.95. The molecule has 0 bridgehead atoms. The zero-order valence-electron chi connectivity index (χ0n) is 7.12. The van der Waals surface area contributed by atoms with E-state index >= 15 is 0 Å². The third kappa shape index (κ3) is 4.06. The maximum absolute atomic E-state index is 5.46. The molecule has 0 unspecified atom stereocenters. The standard InChI is InChI=1S/C8H11N3S2/c1-2-4-12-5-3-10-8-6-7(9)11-13-8/h1,6,10H,3-5H2,(H2,9,11). The number of nitrogen functional groups attached to an aromatic ring is 1. The SMILES string of the molecule is C#CCSCCNc1cc(N)ns1. The minimum absolute atomic E-state index is 0.573. The average Bonchev–Trinajstić information content (AvgIpc) is 2.51. The van der Waals surface area contributed by atoms with Crippen LogP contribution in [0, 0.1) is 12.3 Å². The van der Waals surface area contributed by atoms with Gasteiger partial charge in [0.15, 0.2) is 0 Å². The zero-order chi connectivity index (χ0) is 9.52. The van der Waals surface area contributed by atoms with Crippen LogP contribution in [0.2, 0.25) is 0 Å². The summed E-state index contributed by atoms with van der Waals surface area (Å²) in [5.74, 6) is 4.92. The third-order valence-corrected chi connectivity index (χ3v) is 2.88. The Kier molecular flexibility index (Phi) is 4.50. The number of nitrogens with two attached hydrogens (primary N) is 1. The molecule has 0 atom stereocenters. The monoisotopic (exact) mass is 213 g/mol. The molecule has 0 fully saturated rings. The van der Waals surface area contributed by atoms with Gasteiger partial charge in [-0.15, -0.1) is 18.2 Å². The zero-order valence-corrected chi connectivity index (χ0v) is 8.75. The molecule has 70 valence electrons. The van der Waals surface area contributed by atoms with E-state index in [2.05, 4.69) is 15.6 Å². The highest BCUT2D eigenvalue weighted by Crippen LogP contribution is 2.17. The number of thioether (sulfide) groups is 1. The fraction of sp³-hybridized carbons (Fsp3) is 0.375. The molecular formula is C8H11N3S2. The number of nitrogens with zero attached hydrogens (tertiary/aromatic N) is 1. The highest BCUT2D eigenvalue weighted by molar-refractivity contribution is 7.99. The second-order valence-electron chi connectivity index (χ2n) is 2.30. The van der Waals surface area contributed by atoms with E-state index in [1.165, 1.54) is 11.5 Å². The van der Waals surface area contributed by atoms with Crippen molar-refractivity contribution in [3.63, 3.8) is 0 Å². The molecule has 0 amide bonds. The summed E-state index contributed by atoms with van der Waals surface area (Å²) in [5, 5.41) is 4.22. The summed E-state index contributed by atoms with van der Waals surface area (Å²) >= 11 is 3.11. The predicted molar refractivity (Wildman–Crippen MR) is 61.2 cm³/mol. The molecule has 13 heavy (non-hydrogen) atoms. The van der Waals surface area contributed by atoms with E-state index in [1.54, 1.807) is 11.8 Å². The van der Waals surface area contributed by atoms with Crippen LogP contribution >= 0.6 is 23.3 Å². The molecule has 1 heterocycles. The molecule has 3 nitrogen and oxygen atoms in total. The molecule has 0 aliphatic rings. The van der Waals surface area contributed by atoms with Gasteiger partial charge in [-0.3, -0.25) is 0 Å². The van der Waals surface area contributed by atoms with Gasteiger partial charge in [0.2, 0.25) is 0 Å². The first-order valence-electron chi connectivity index (χ1n) is 3.80. The van der Waals surface area contributed by atoms with Crippen molar-refractivity contribution >= 4 is 34.1 Å². The van der Waals surface area contributed by atoms with Crippen molar-refractivity contribution in [3.05, 3.63) is 6.07 Å². The van der Waals surface area contributed by atoms with E-state index in [0.29, 0.717) is 5.82 Å². The van der Waals surface area contributed by atoms with Gasteiger partial charge in [0, 0.05) is 18.4 Å². The molecule has 0 aliphatic heterocycles. The van der Waals surface area contributed by atoms with Gasteiger partial charge in [-0.25, -0.2) is 0 Å². The van der Waals surface area contributed by atoms with Crippen LogP contribution in [0.25, 0.3) is 0 Å². The highest BCUT2D eigenvalue weighted by Gasteiger charge is 1.96. The Labute approximate surface area is 86.3 Å². The normalized spacial score (nSPS) is 9.46. The topological polar surface area (TPSA) is 50.9 Å². The molecule has 0 spiro atoms. The van der Waals surface area contributed by atoms with Gasteiger partial charge >= 0.3 is 0 Å². The molecule has 3 N–H and O–H groups in total. The first kappa shape index (κ1) is 10.2. The fourth-order valence-electron chi connectivity index (χ4n) is 0.750. The van der Waals surface area contributed by atoms with Crippen molar-refractivity contribution in [3.8, 4) is 12.3 Å². The van der Waals surface area contributed by atoms with Crippen molar-refractivity contribution < 1.29 is 0 Å². The van der Waals surface area contributed by atoms with Crippen LogP contribution in [0.3, 0.4) is 0 Å². The second-order valence-corrected chi connectivity index (χ2v) is 4.21. The Hall–Kier alpha value is -0.860. The van der Waals surface area contributed by atoms with E-state index in [9.17, 15) is 0 Å². The molecule has 1 aromatic rings. The van der Waals surface area contributed by atoms with E-state index in [4.69, 9.17) is 12.2 Å². The van der Waals surface area contributed by atoms with Crippen molar-refractivity contribution in [2.45, 2.75) is 0 Å². The largest absolute Gasteiger partial charge is 0.383 e. The summed E-state index contributed by atoms with van der Waals surface area (Å²) in [4.78, 5) is 0. The van der Waals surface area contributed by atoms with Gasteiger partial charge in [0.25, 0.3) is 0 Å². The number of hydrogen-bond acceptors (Lipinski definition) is 5. The fourth-order valence-corrected chi connectivity index (χ4v) is 1.85. The van der Waals surface area contributed by atoms with Crippen LogP contribution in [0.4, 0.5) is 10.8 Å². The van der Waals surface area contributed by atoms with Crippen LogP contribution in [0.1, 0.15) is 0 Å². The highest BCUT2D eigenvalue weighted by atomic mass is 32.2. The Bertz CT molecular complexity index is 290. The number of rotatable bonds is 5. The van der Waals surface area contributed by atoms with E-state index in [1.807, 2.05) is 6.07 Å². The average molecular weight is 213 g/mol. The summed E-state index contributed by atoms with van der Waals surface area (Å²) in [7, 11) is 0. The first-order valence-corrected chi connectivity index (χ1v) is 5.73. The lowest BCUT2D eigenvalue weighted by Gasteiger charge is -1.99. The minimum Gasteiger partial charge on any atom is -0.383 e. The third-order valence-electron chi connectivity index (χ3n) is 1.26. The Balaban J connectivity index is 2.10. The summed E-state index contributed by atoms with van der Waals surface area (Å²) in [5.41, 5.74) is 5.46. The van der Waals surface area contributed by atoms with Crippen LogP contribution < -0.4 is 11.1 Å². The summed E-state index contributed by atoms with van der Waals surface area (Å²) in [6.45, 7) is 0.897. The van der Waals surface area contributed by atoms with Crippen molar-refractivity contribution in [1.29, 1.82) is 0 Å². The van der Waals surface area contributed by atoms with Gasteiger partial charge in [-0.1, -0.05) is 5.92 Å². The molecule has 5 heteroatoms. The Morgan fingerprint density at radius 2 is 2.62 bits per heavy atom. The lowest BCUT2D eigenvalue weighted by Crippen LogP contribution is -2.02. The number of aromatic nitrogens is 1. The molecule has 0 aliphatic carbocycles. The summed E-state index contributed by atoms with van der Waals surface area (Å²) in [6.07, 6.45) is 5.11. The van der Waals surface area contributed by atoms with Crippen molar-refractivity contribution in [1.82, 2.24) is 4.37 Å². The lowest BCUT2D eigenvalue weighted by molar-refractivity contribution is 1.25. The van der Waals surface area contributed by atoms with Crippen molar-refractivity contribution in [2.24, 2.45) is 0 Å². The predicted octanol–water partition coefficient (Wildman–Crippen LogP) is 1.50. The maximum atomic E-state index is 5.46. The second kappa shape index (κ2) is 5.73. The van der Waals surface area contributed by atoms with Crippen LogP contribution in [0.15, 0.2) is 6.07 Å². The Morgan fingerprint density at radius 3 is 3.23 bits per heavy atom. The van der Waals surface area contributed by atoms with Gasteiger partial charge in [-0.2, -0.15) is 4.37 Å². The smallest absolute Gasteiger partial charge is 0.139 e. The molecule has 1 rings (SSSR count). The molecule has 0 saturated carbocycles. The number of hydrogen-bond donors (Lipinski definition) is 2. The molecule has 0 saturated heterocycles. The molecule has 0 aromatic carbocycles. The van der Waals surface area contributed by atoms with Gasteiger partial charge in [0.05, 0.1) is 5.75 Å². The maximum Gasteiger partial charge on any atom is 0.139 e. The van der Waals surface area contributed by atoms with E-state index < -0.39 is 0 Å². The van der Waals surface area contributed by atoms with Crippen LogP contribution in [-0.4, -0.2) is 22.4 Å². The number of anilines is 2. The van der Waals surface area contributed by atoms with E-state index in [0.717, 1.165) is 23.1 Å². The lowest BCUT2D eigenvalue weighted by atomic mass is 10.6. The quantitative estimate of drug-likeness (QED) is 0.575. The number of terminal acetylenes is 1. The van der Waals surface area contributed by atoms with Crippen LogP contribution in [-0.2, 0) is 0 Å². The van der Waals surface area contributed by atoms with E-state index in [-0.39, 0.29) is 0 Å². The first-order chi connectivity index (χ1) is 6.33.